The third-order valence-corrected chi connectivity index (χ3v) is 3.74. The standard InChI is InChI=1S/C14H26N2O4/c1-11(13(17)19-3)9-15-5-7-16(8-6-15)10-12(2)14(18)20-4/h11-12H,5-10H2,1-4H3. The van der Waals surface area contributed by atoms with E-state index in [1.165, 1.54) is 14.2 Å². The zero-order chi connectivity index (χ0) is 15.1. The fourth-order valence-corrected chi connectivity index (χ4v) is 2.48. The Kier molecular flexibility index (Phi) is 6.95. The maximum Gasteiger partial charge on any atom is 0.309 e. The van der Waals surface area contributed by atoms with Crippen LogP contribution in [-0.2, 0) is 19.1 Å². The van der Waals surface area contributed by atoms with Crippen molar-refractivity contribution in [2.75, 3.05) is 53.5 Å². The molecule has 1 aliphatic heterocycles. The first-order valence-electron chi connectivity index (χ1n) is 7.08. The molecule has 2 unspecified atom stereocenters. The van der Waals surface area contributed by atoms with Gasteiger partial charge in [0.2, 0.25) is 0 Å². The largest absolute Gasteiger partial charge is 0.469 e. The number of hydrogen-bond acceptors (Lipinski definition) is 6. The van der Waals surface area contributed by atoms with Crippen LogP contribution in [0.1, 0.15) is 13.8 Å². The van der Waals surface area contributed by atoms with Gasteiger partial charge in [0.15, 0.2) is 0 Å². The second kappa shape index (κ2) is 8.21. The molecule has 0 amide bonds. The van der Waals surface area contributed by atoms with Crippen molar-refractivity contribution < 1.29 is 19.1 Å². The lowest BCUT2D eigenvalue weighted by atomic mass is 10.1. The minimum Gasteiger partial charge on any atom is -0.469 e. The van der Waals surface area contributed by atoms with Crippen molar-refractivity contribution in [3.05, 3.63) is 0 Å². The van der Waals surface area contributed by atoms with Gasteiger partial charge in [-0.2, -0.15) is 0 Å². The zero-order valence-corrected chi connectivity index (χ0v) is 12.9. The van der Waals surface area contributed by atoms with E-state index in [4.69, 9.17) is 9.47 Å². The van der Waals surface area contributed by atoms with Crippen LogP contribution >= 0.6 is 0 Å². The molecule has 0 aromatic carbocycles. The van der Waals surface area contributed by atoms with Crippen LogP contribution in [0.15, 0.2) is 0 Å². The van der Waals surface area contributed by atoms with Crippen LogP contribution in [0.5, 0.6) is 0 Å². The molecule has 0 aromatic heterocycles. The van der Waals surface area contributed by atoms with Crippen LogP contribution in [0.25, 0.3) is 0 Å². The molecule has 0 radical (unpaired) electrons. The smallest absolute Gasteiger partial charge is 0.309 e. The number of ether oxygens (including phenoxy) is 2. The van der Waals surface area contributed by atoms with E-state index < -0.39 is 0 Å². The van der Waals surface area contributed by atoms with Crippen molar-refractivity contribution in [1.82, 2.24) is 9.80 Å². The Morgan fingerprint density at radius 2 is 1.15 bits per heavy atom. The fraction of sp³-hybridized carbons (Fsp3) is 0.857. The van der Waals surface area contributed by atoms with Crippen molar-refractivity contribution in [2.45, 2.75) is 13.8 Å². The van der Waals surface area contributed by atoms with Crippen LogP contribution in [0, 0.1) is 11.8 Å². The van der Waals surface area contributed by atoms with E-state index in [9.17, 15) is 9.59 Å². The van der Waals surface area contributed by atoms with Crippen molar-refractivity contribution in [1.29, 1.82) is 0 Å². The second-order valence-corrected chi connectivity index (χ2v) is 5.45. The molecule has 0 N–H and O–H groups in total. The van der Waals surface area contributed by atoms with Gasteiger partial charge in [0.05, 0.1) is 26.1 Å². The molecule has 1 rings (SSSR count). The monoisotopic (exact) mass is 286 g/mol. The molecule has 0 aromatic rings. The van der Waals surface area contributed by atoms with E-state index in [2.05, 4.69) is 9.80 Å². The molecule has 0 saturated carbocycles. The zero-order valence-electron chi connectivity index (χ0n) is 12.9. The minimum absolute atomic E-state index is 0.0967. The molecule has 0 aliphatic carbocycles. The lowest BCUT2D eigenvalue weighted by Crippen LogP contribution is -2.49. The Balaban J connectivity index is 2.29. The maximum atomic E-state index is 11.4. The number of carbonyl (C=O) groups excluding carboxylic acids is 2. The van der Waals surface area contributed by atoms with Gasteiger partial charge >= 0.3 is 11.9 Å². The van der Waals surface area contributed by atoms with Crippen LogP contribution in [0.3, 0.4) is 0 Å². The number of rotatable bonds is 6. The third kappa shape index (κ3) is 5.09. The van der Waals surface area contributed by atoms with Crippen LogP contribution < -0.4 is 0 Å². The molecule has 20 heavy (non-hydrogen) atoms. The van der Waals surface area contributed by atoms with Crippen LogP contribution in [0.2, 0.25) is 0 Å². The molecule has 0 bridgehead atoms. The van der Waals surface area contributed by atoms with Gasteiger partial charge in [-0.15, -0.1) is 0 Å². The molecule has 6 heteroatoms. The van der Waals surface area contributed by atoms with E-state index in [1.54, 1.807) is 0 Å². The van der Waals surface area contributed by atoms with Gasteiger partial charge in [-0.25, -0.2) is 0 Å². The number of carbonyl (C=O) groups is 2. The Morgan fingerprint density at radius 3 is 1.40 bits per heavy atom. The SMILES string of the molecule is COC(=O)C(C)CN1CCN(CC(C)C(=O)OC)CC1. The molecule has 0 spiro atoms. The number of nitrogens with zero attached hydrogens (tertiary/aromatic N) is 2. The molecular weight excluding hydrogens is 260 g/mol. The summed E-state index contributed by atoms with van der Waals surface area (Å²) in [4.78, 5) is 27.3. The molecular formula is C14H26N2O4. The summed E-state index contributed by atoms with van der Waals surface area (Å²) in [7, 11) is 2.84. The van der Waals surface area contributed by atoms with E-state index in [0.29, 0.717) is 0 Å². The summed E-state index contributed by atoms with van der Waals surface area (Å²) in [6, 6.07) is 0. The van der Waals surface area contributed by atoms with Gasteiger partial charge in [-0.05, 0) is 0 Å². The number of methoxy groups -OCH3 is 2. The quantitative estimate of drug-likeness (QED) is 0.651. The highest BCUT2D eigenvalue weighted by atomic mass is 16.5. The van der Waals surface area contributed by atoms with Crippen LogP contribution in [-0.4, -0.2) is 75.2 Å². The van der Waals surface area contributed by atoms with Crippen molar-refractivity contribution in [3.63, 3.8) is 0 Å². The van der Waals surface area contributed by atoms with Crippen molar-refractivity contribution in [3.8, 4) is 0 Å². The Labute approximate surface area is 121 Å². The van der Waals surface area contributed by atoms with E-state index in [-0.39, 0.29) is 23.8 Å². The highest BCUT2D eigenvalue weighted by Crippen LogP contribution is 2.09. The maximum absolute atomic E-state index is 11.4. The predicted molar refractivity (Wildman–Crippen MR) is 75.2 cm³/mol. The fourth-order valence-electron chi connectivity index (χ4n) is 2.48. The Bertz CT molecular complexity index is 295. The van der Waals surface area contributed by atoms with Gasteiger partial charge in [0.1, 0.15) is 0 Å². The van der Waals surface area contributed by atoms with Gasteiger partial charge < -0.3 is 9.47 Å². The van der Waals surface area contributed by atoms with Gasteiger partial charge in [0.25, 0.3) is 0 Å². The summed E-state index contributed by atoms with van der Waals surface area (Å²) >= 11 is 0. The molecule has 1 saturated heterocycles. The summed E-state index contributed by atoms with van der Waals surface area (Å²) < 4.78 is 9.48. The molecule has 116 valence electrons. The summed E-state index contributed by atoms with van der Waals surface area (Å²) in [6.07, 6.45) is 0. The normalized spacial score (nSPS) is 20.2. The lowest BCUT2D eigenvalue weighted by molar-refractivity contribution is -0.147. The molecule has 1 fully saturated rings. The first-order valence-corrected chi connectivity index (χ1v) is 7.08. The average molecular weight is 286 g/mol. The first-order chi connectivity index (χ1) is 9.47. The molecule has 1 heterocycles. The van der Waals surface area contributed by atoms with Gasteiger partial charge in [-0.1, -0.05) is 13.8 Å². The van der Waals surface area contributed by atoms with Gasteiger partial charge in [-0.3, -0.25) is 19.4 Å². The Hall–Kier alpha value is -1.14. The first kappa shape index (κ1) is 16.9. The number of hydrogen-bond donors (Lipinski definition) is 0. The topological polar surface area (TPSA) is 59.1 Å². The number of piperazine rings is 1. The summed E-state index contributed by atoms with van der Waals surface area (Å²) in [5, 5.41) is 0. The summed E-state index contributed by atoms with van der Waals surface area (Å²) in [5.74, 6) is -0.514. The predicted octanol–water partition coefficient (Wildman–Crippen LogP) is 0.222. The van der Waals surface area contributed by atoms with E-state index in [0.717, 1.165) is 39.3 Å². The molecule has 6 nitrogen and oxygen atoms in total. The Morgan fingerprint density at radius 1 is 0.850 bits per heavy atom. The molecule has 2 atom stereocenters. The van der Waals surface area contributed by atoms with Crippen molar-refractivity contribution in [2.24, 2.45) is 11.8 Å². The van der Waals surface area contributed by atoms with Crippen molar-refractivity contribution >= 4 is 11.9 Å². The van der Waals surface area contributed by atoms with Crippen LogP contribution in [0.4, 0.5) is 0 Å². The highest BCUT2D eigenvalue weighted by molar-refractivity contribution is 5.72. The van der Waals surface area contributed by atoms with E-state index >= 15 is 0 Å². The lowest BCUT2D eigenvalue weighted by Gasteiger charge is -2.36. The van der Waals surface area contributed by atoms with Gasteiger partial charge in [0, 0.05) is 39.3 Å². The number of esters is 2. The minimum atomic E-state index is -0.160. The second-order valence-electron chi connectivity index (χ2n) is 5.45. The highest BCUT2D eigenvalue weighted by Gasteiger charge is 2.24. The third-order valence-electron chi connectivity index (χ3n) is 3.74. The molecule has 1 aliphatic rings. The summed E-state index contributed by atoms with van der Waals surface area (Å²) in [6.45, 7) is 8.88. The van der Waals surface area contributed by atoms with E-state index in [1.807, 2.05) is 13.8 Å². The average Bonchev–Trinajstić information content (AvgIpc) is 2.47. The summed E-state index contributed by atoms with van der Waals surface area (Å²) in [5.41, 5.74) is 0.